The van der Waals surface area contributed by atoms with Crippen molar-refractivity contribution in [3.63, 3.8) is 0 Å². The van der Waals surface area contributed by atoms with Gasteiger partial charge in [-0.1, -0.05) is 106 Å². The predicted octanol–water partition coefficient (Wildman–Crippen LogP) is 9.54. The maximum Gasteiger partial charge on any atom is 0.136 e. The van der Waals surface area contributed by atoms with Crippen LogP contribution < -0.4 is 0 Å². The molecule has 3 unspecified atom stereocenters. The van der Waals surface area contributed by atoms with Crippen molar-refractivity contribution < 1.29 is 6.22 Å². The molecule has 180 valence electrons. The second-order valence-electron chi connectivity index (χ2n) is 9.23. The van der Waals surface area contributed by atoms with Crippen molar-refractivity contribution >= 4 is 17.4 Å². The Morgan fingerprint density at radius 2 is 1.88 bits per heavy atom. The van der Waals surface area contributed by atoms with Crippen LogP contribution in [0.5, 0.6) is 0 Å². The standard InChI is InChI=1S/C31H34O.C2H6.H2/c1-4-9-23(10-5-2)15-18-31(32)28-17-16-25(20-28)24-12-8-13-26(19-24)30-21-27-11-6-7-14-29(27)22(30)3;1-2;/h4-14,19,21-22,25,28H,1,15-18,20H2,2-3H3;1-2H3;1H/b10-5-,23-9+;;. The number of carbonyl (C=O) groups excluding carboxylic acids is 1. The van der Waals surface area contributed by atoms with Gasteiger partial charge in [0.2, 0.25) is 0 Å². The van der Waals surface area contributed by atoms with Crippen molar-refractivity contribution in [1.82, 2.24) is 0 Å². The molecule has 0 radical (unpaired) electrons. The summed E-state index contributed by atoms with van der Waals surface area (Å²) >= 11 is 0. The molecule has 2 aliphatic carbocycles. The summed E-state index contributed by atoms with van der Waals surface area (Å²) in [7, 11) is 0. The zero-order chi connectivity index (χ0) is 24.5. The minimum atomic E-state index is 0. The molecule has 0 amide bonds. The molecule has 0 spiro atoms. The molecule has 1 fully saturated rings. The summed E-state index contributed by atoms with van der Waals surface area (Å²) in [6, 6.07) is 17.8. The van der Waals surface area contributed by atoms with Crippen LogP contribution in [0.2, 0.25) is 0 Å². The highest BCUT2D eigenvalue weighted by molar-refractivity contribution is 5.91. The molecule has 2 aromatic rings. The Balaban J connectivity index is 0.00000140. The lowest BCUT2D eigenvalue weighted by atomic mass is 9.88. The molecule has 0 aliphatic heterocycles. The van der Waals surface area contributed by atoms with E-state index in [1.54, 1.807) is 6.08 Å². The van der Waals surface area contributed by atoms with E-state index in [2.05, 4.69) is 74.2 Å². The first kappa shape index (κ1) is 25.7. The van der Waals surface area contributed by atoms with Gasteiger partial charge in [0.15, 0.2) is 0 Å². The van der Waals surface area contributed by atoms with E-state index in [9.17, 15) is 4.79 Å². The molecule has 1 nitrogen and oxygen atoms in total. The summed E-state index contributed by atoms with van der Waals surface area (Å²) in [5.74, 6) is 1.54. The number of rotatable bonds is 8. The maximum absolute atomic E-state index is 12.9. The van der Waals surface area contributed by atoms with Gasteiger partial charge in [-0.2, -0.15) is 0 Å². The van der Waals surface area contributed by atoms with Crippen LogP contribution in [0, 0.1) is 5.92 Å². The Morgan fingerprint density at radius 3 is 2.62 bits per heavy atom. The summed E-state index contributed by atoms with van der Waals surface area (Å²) in [6.45, 7) is 12.1. The summed E-state index contributed by atoms with van der Waals surface area (Å²) in [5, 5.41) is 0. The van der Waals surface area contributed by atoms with E-state index in [-0.39, 0.29) is 7.34 Å². The van der Waals surface area contributed by atoms with Gasteiger partial charge >= 0.3 is 0 Å². The monoisotopic (exact) mass is 454 g/mol. The Labute approximate surface area is 208 Å². The fraction of sp³-hybridized carbons (Fsp3) is 0.364. The number of benzene rings is 2. The van der Waals surface area contributed by atoms with E-state index in [1.807, 2.05) is 32.9 Å². The molecule has 0 heterocycles. The predicted molar refractivity (Wildman–Crippen MR) is 150 cm³/mol. The molecule has 34 heavy (non-hydrogen) atoms. The second-order valence-corrected chi connectivity index (χ2v) is 9.23. The van der Waals surface area contributed by atoms with E-state index < -0.39 is 0 Å². The lowest BCUT2D eigenvalue weighted by Gasteiger charge is -2.16. The van der Waals surface area contributed by atoms with Crippen LogP contribution in [-0.2, 0) is 4.79 Å². The molecule has 2 aromatic carbocycles. The molecule has 3 atom stereocenters. The molecule has 0 bridgehead atoms. The average molecular weight is 455 g/mol. The first-order valence-corrected chi connectivity index (χ1v) is 13.0. The zero-order valence-electron chi connectivity index (χ0n) is 21.4. The quantitative estimate of drug-likeness (QED) is 0.363. The molecular formula is C33H42O. The first-order chi connectivity index (χ1) is 16.6. The summed E-state index contributed by atoms with van der Waals surface area (Å²) in [4.78, 5) is 12.9. The van der Waals surface area contributed by atoms with E-state index in [0.717, 1.165) is 25.7 Å². The van der Waals surface area contributed by atoms with Gasteiger partial charge in [0.25, 0.3) is 0 Å². The molecule has 0 aromatic heterocycles. The molecule has 1 saturated carbocycles. The van der Waals surface area contributed by atoms with Gasteiger partial charge in [0, 0.05) is 19.7 Å². The van der Waals surface area contributed by atoms with Crippen LogP contribution in [-0.4, -0.2) is 5.78 Å². The fourth-order valence-corrected chi connectivity index (χ4v) is 5.44. The SMILES string of the molecule is C=C/C=C(\C=C/C)CCC(=O)C1CCC(c2cccc(C3=Cc4ccccc4C3C)c2)C1.CC.[HH]. The van der Waals surface area contributed by atoms with Crippen LogP contribution in [0.4, 0.5) is 0 Å². The highest BCUT2D eigenvalue weighted by Crippen LogP contribution is 2.44. The average Bonchev–Trinajstić information content (AvgIpc) is 3.50. The molecule has 4 rings (SSSR count). The Kier molecular flexibility index (Phi) is 9.45. The van der Waals surface area contributed by atoms with Gasteiger partial charge in [0.1, 0.15) is 5.78 Å². The number of hydrogen-bond acceptors (Lipinski definition) is 1. The van der Waals surface area contributed by atoms with Gasteiger partial charge in [-0.25, -0.2) is 0 Å². The van der Waals surface area contributed by atoms with Gasteiger partial charge in [-0.05, 0) is 71.9 Å². The van der Waals surface area contributed by atoms with Crippen molar-refractivity contribution in [2.45, 2.75) is 71.6 Å². The largest absolute Gasteiger partial charge is 0.299 e. The Bertz CT molecular complexity index is 1090. The van der Waals surface area contributed by atoms with Gasteiger partial charge in [-0.15, -0.1) is 0 Å². The topological polar surface area (TPSA) is 17.1 Å². The molecule has 0 N–H and O–H groups in total. The van der Waals surface area contributed by atoms with Crippen LogP contribution in [0.1, 0.15) is 95.3 Å². The number of carbonyl (C=O) groups is 1. The van der Waals surface area contributed by atoms with Crippen LogP contribution in [0.25, 0.3) is 11.6 Å². The number of ketones is 1. The lowest BCUT2D eigenvalue weighted by molar-refractivity contribution is -0.122. The zero-order valence-corrected chi connectivity index (χ0v) is 21.4. The highest BCUT2D eigenvalue weighted by Gasteiger charge is 2.31. The molecular weight excluding hydrogens is 412 g/mol. The van der Waals surface area contributed by atoms with Gasteiger partial charge < -0.3 is 0 Å². The van der Waals surface area contributed by atoms with Crippen molar-refractivity contribution in [2.24, 2.45) is 5.92 Å². The molecule has 1 heteroatoms. The minimum Gasteiger partial charge on any atom is -0.299 e. The fourth-order valence-electron chi connectivity index (χ4n) is 5.44. The summed E-state index contributed by atoms with van der Waals surface area (Å²) in [5.41, 5.74) is 8.06. The van der Waals surface area contributed by atoms with Gasteiger partial charge in [0.05, 0.1) is 0 Å². The van der Waals surface area contributed by atoms with Crippen molar-refractivity contribution in [3.05, 3.63) is 107 Å². The number of Topliss-reactive ketones (excluding diaryl/α,β-unsaturated/α-hetero) is 1. The Morgan fingerprint density at radius 1 is 1.09 bits per heavy atom. The van der Waals surface area contributed by atoms with E-state index >= 15 is 0 Å². The lowest BCUT2D eigenvalue weighted by Crippen LogP contribution is -2.11. The third-order valence-electron chi connectivity index (χ3n) is 7.19. The molecule has 0 saturated heterocycles. The number of fused-ring (bicyclic) bond motifs is 1. The smallest absolute Gasteiger partial charge is 0.136 e. The number of hydrogen-bond donors (Lipinski definition) is 0. The summed E-state index contributed by atoms with van der Waals surface area (Å²) < 4.78 is 0. The van der Waals surface area contributed by atoms with E-state index in [0.29, 0.717) is 24.0 Å². The molecule has 2 aliphatic rings. The summed E-state index contributed by atoms with van der Waals surface area (Å²) in [6.07, 6.45) is 14.8. The third kappa shape index (κ3) is 5.95. The normalized spacial score (nSPS) is 21.6. The van der Waals surface area contributed by atoms with Gasteiger partial charge in [-0.3, -0.25) is 4.79 Å². The van der Waals surface area contributed by atoms with Crippen LogP contribution >= 0.6 is 0 Å². The van der Waals surface area contributed by atoms with E-state index in [4.69, 9.17) is 0 Å². The van der Waals surface area contributed by atoms with Crippen LogP contribution in [0.15, 0.2) is 85.0 Å². The minimum absolute atomic E-state index is 0. The third-order valence-corrected chi connectivity index (χ3v) is 7.19. The Hall–Kier alpha value is -2.93. The van der Waals surface area contributed by atoms with Crippen molar-refractivity contribution in [1.29, 1.82) is 0 Å². The second kappa shape index (κ2) is 12.5. The maximum atomic E-state index is 12.9. The highest BCUT2D eigenvalue weighted by atomic mass is 16.1. The van der Waals surface area contributed by atoms with E-state index in [1.165, 1.54) is 33.4 Å². The van der Waals surface area contributed by atoms with Crippen molar-refractivity contribution in [2.75, 3.05) is 0 Å². The van der Waals surface area contributed by atoms with Crippen molar-refractivity contribution in [3.8, 4) is 0 Å². The first-order valence-electron chi connectivity index (χ1n) is 13.0. The van der Waals surface area contributed by atoms with Crippen LogP contribution in [0.3, 0.4) is 0 Å². The number of allylic oxidation sites excluding steroid dienone is 6.